The van der Waals surface area contributed by atoms with Crippen LogP contribution in [0.2, 0.25) is 0 Å². The first-order valence-corrected chi connectivity index (χ1v) is 9.97. The van der Waals surface area contributed by atoms with Gasteiger partial charge in [-0.1, -0.05) is 37.3 Å². The lowest BCUT2D eigenvalue weighted by molar-refractivity contribution is 0.265. The molecule has 1 aromatic carbocycles. The predicted octanol–water partition coefficient (Wildman–Crippen LogP) is 3.29. The molecule has 0 amide bonds. The zero-order valence-corrected chi connectivity index (χ0v) is 16.7. The summed E-state index contributed by atoms with van der Waals surface area (Å²) in [6, 6.07) is 15.3. The number of benzene rings is 1. The molecule has 5 heteroatoms. The molecular weight excluding hydrogens is 336 g/mol. The molecule has 1 aliphatic rings. The fraction of sp³-hybridized carbons (Fsp3) is 0.500. The molecule has 1 aromatic heterocycles. The van der Waals surface area contributed by atoms with Crippen LogP contribution in [0.3, 0.4) is 0 Å². The van der Waals surface area contributed by atoms with Crippen molar-refractivity contribution in [1.82, 2.24) is 15.5 Å². The average molecular weight is 369 g/mol. The van der Waals surface area contributed by atoms with E-state index < -0.39 is 0 Å². The van der Waals surface area contributed by atoms with E-state index in [-0.39, 0.29) is 0 Å². The van der Waals surface area contributed by atoms with Crippen molar-refractivity contribution < 1.29 is 4.42 Å². The number of hydrogen-bond donors (Lipinski definition) is 2. The molecule has 2 aromatic rings. The maximum absolute atomic E-state index is 5.43. The van der Waals surface area contributed by atoms with Crippen LogP contribution in [0.25, 0.3) is 0 Å². The molecule has 27 heavy (non-hydrogen) atoms. The zero-order valence-electron chi connectivity index (χ0n) is 16.7. The van der Waals surface area contributed by atoms with E-state index in [1.165, 1.54) is 5.56 Å². The van der Waals surface area contributed by atoms with Gasteiger partial charge in [-0.2, -0.15) is 0 Å². The second-order valence-electron chi connectivity index (χ2n) is 7.68. The third kappa shape index (κ3) is 5.86. The van der Waals surface area contributed by atoms with Gasteiger partial charge in [0.2, 0.25) is 0 Å². The predicted molar refractivity (Wildman–Crippen MR) is 111 cm³/mol. The summed E-state index contributed by atoms with van der Waals surface area (Å²) in [4.78, 5) is 7.35. The van der Waals surface area contributed by atoms with Gasteiger partial charge in [0.25, 0.3) is 0 Å². The highest BCUT2D eigenvalue weighted by atomic mass is 16.3. The fourth-order valence-corrected chi connectivity index (χ4v) is 3.45. The summed E-state index contributed by atoms with van der Waals surface area (Å²) in [6.07, 6.45) is 2.57. The maximum Gasteiger partial charge on any atom is 0.191 e. The van der Waals surface area contributed by atoms with Gasteiger partial charge >= 0.3 is 0 Å². The minimum absolute atomic E-state index is 0.415. The van der Waals surface area contributed by atoms with Gasteiger partial charge in [-0.15, -0.1) is 0 Å². The first-order valence-electron chi connectivity index (χ1n) is 9.97. The molecule has 2 atom stereocenters. The lowest BCUT2D eigenvalue weighted by Crippen LogP contribution is -2.47. The van der Waals surface area contributed by atoms with Crippen LogP contribution in [-0.2, 0) is 13.0 Å². The van der Waals surface area contributed by atoms with E-state index >= 15 is 0 Å². The van der Waals surface area contributed by atoms with Crippen LogP contribution in [-0.4, -0.2) is 42.6 Å². The maximum atomic E-state index is 5.43. The molecule has 3 rings (SSSR count). The number of nitrogens with one attached hydrogen (secondary N) is 2. The number of nitrogens with zero attached hydrogens (tertiary/aromatic N) is 2. The van der Waals surface area contributed by atoms with Crippen LogP contribution in [0.5, 0.6) is 0 Å². The molecule has 2 unspecified atom stereocenters. The van der Waals surface area contributed by atoms with E-state index in [4.69, 9.17) is 9.41 Å². The molecule has 1 fully saturated rings. The van der Waals surface area contributed by atoms with Crippen LogP contribution in [0.4, 0.5) is 0 Å². The van der Waals surface area contributed by atoms with Crippen LogP contribution in [0, 0.1) is 5.92 Å². The largest absolute Gasteiger partial charge is 0.469 e. The quantitative estimate of drug-likeness (QED) is 0.582. The first kappa shape index (κ1) is 19.5. The third-order valence-electron chi connectivity index (χ3n) is 5.20. The van der Waals surface area contributed by atoms with Gasteiger partial charge < -0.3 is 15.1 Å². The van der Waals surface area contributed by atoms with Crippen molar-refractivity contribution in [2.45, 2.75) is 45.8 Å². The molecule has 0 aliphatic carbocycles. The molecular formula is C22H32N4O. The number of likely N-dealkylation sites (tertiary alicyclic amines) is 1. The zero-order chi connectivity index (χ0) is 19.1. The van der Waals surface area contributed by atoms with Gasteiger partial charge in [-0.05, 0) is 37.5 Å². The summed E-state index contributed by atoms with van der Waals surface area (Å²) in [7, 11) is 0. The monoisotopic (exact) mass is 368 g/mol. The van der Waals surface area contributed by atoms with E-state index in [1.807, 2.05) is 18.2 Å². The molecule has 0 spiro atoms. The minimum atomic E-state index is 0.415. The highest BCUT2D eigenvalue weighted by Gasteiger charge is 2.31. The SMILES string of the molecule is CC1CN(C(C)C)CC1NC(=NCc1ccccc1)NCCc1ccco1. The van der Waals surface area contributed by atoms with Crippen LogP contribution in [0.1, 0.15) is 32.1 Å². The average Bonchev–Trinajstić information content (AvgIpc) is 3.30. The second kappa shape index (κ2) is 9.60. The van der Waals surface area contributed by atoms with Crippen molar-refractivity contribution in [2.75, 3.05) is 19.6 Å². The van der Waals surface area contributed by atoms with E-state index in [0.717, 1.165) is 37.8 Å². The lowest BCUT2D eigenvalue weighted by Gasteiger charge is -2.22. The minimum Gasteiger partial charge on any atom is -0.469 e. The Balaban J connectivity index is 1.61. The molecule has 146 valence electrons. The van der Waals surface area contributed by atoms with Gasteiger partial charge in [0, 0.05) is 38.1 Å². The number of hydrogen-bond acceptors (Lipinski definition) is 3. The Hall–Kier alpha value is -2.27. The molecule has 2 heterocycles. The Labute approximate surface area is 162 Å². The lowest BCUT2D eigenvalue weighted by atomic mass is 10.1. The summed E-state index contributed by atoms with van der Waals surface area (Å²) < 4.78 is 5.43. The third-order valence-corrected chi connectivity index (χ3v) is 5.20. The molecule has 5 nitrogen and oxygen atoms in total. The number of rotatable bonds is 7. The van der Waals surface area contributed by atoms with Crippen molar-refractivity contribution in [3.63, 3.8) is 0 Å². The van der Waals surface area contributed by atoms with Gasteiger partial charge in [-0.3, -0.25) is 4.90 Å². The van der Waals surface area contributed by atoms with Crippen LogP contribution in [0.15, 0.2) is 58.1 Å². The highest BCUT2D eigenvalue weighted by molar-refractivity contribution is 5.80. The van der Waals surface area contributed by atoms with Crippen molar-refractivity contribution in [1.29, 1.82) is 0 Å². The molecule has 0 bridgehead atoms. The normalized spacial score (nSPS) is 21.0. The van der Waals surface area contributed by atoms with Crippen LogP contribution >= 0.6 is 0 Å². The molecule has 2 N–H and O–H groups in total. The second-order valence-corrected chi connectivity index (χ2v) is 7.68. The smallest absolute Gasteiger partial charge is 0.191 e. The highest BCUT2D eigenvalue weighted by Crippen LogP contribution is 2.18. The Morgan fingerprint density at radius 3 is 2.67 bits per heavy atom. The van der Waals surface area contributed by atoms with Crippen molar-refractivity contribution in [3.05, 3.63) is 60.1 Å². The van der Waals surface area contributed by atoms with Crippen molar-refractivity contribution in [3.8, 4) is 0 Å². The topological polar surface area (TPSA) is 52.8 Å². The summed E-state index contributed by atoms with van der Waals surface area (Å²) in [6.45, 7) is 10.5. The van der Waals surface area contributed by atoms with E-state index in [2.05, 4.69) is 60.6 Å². The summed E-state index contributed by atoms with van der Waals surface area (Å²) in [5.74, 6) is 2.47. The molecule has 0 saturated carbocycles. The van der Waals surface area contributed by atoms with Gasteiger partial charge in [0.05, 0.1) is 12.8 Å². The van der Waals surface area contributed by atoms with Gasteiger partial charge in [0.15, 0.2) is 5.96 Å². The molecule has 1 aliphatic heterocycles. The van der Waals surface area contributed by atoms with Crippen LogP contribution < -0.4 is 10.6 Å². The Bertz CT molecular complexity index is 696. The fourth-order valence-electron chi connectivity index (χ4n) is 3.45. The Morgan fingerprint density at radius 2 is 2.00 bits per heavy atom. The van der Waals surface area contributed by atoms with Crippen molar-refractivity contribution in [2.24, 2.45) is 10.9 Å². The Kier molecular flexibility index (Phi) is 6.93. The number of furan rings is 1. The summed E-state index contributed by atoms with van der Waals surface area (Å²) in [5, 5.41) is 7.15. The Morgan fingerprint density at radius 1 is 1.19 bits per heavy atom. The number of guanidine groups is 1. The van der Waals surface area contributed by atoms with Gasteiger partial charge in [0.1, 0.15) is 5.76 Å². The summed E-state index contributed by atoms with van der Waals surface area (Å²) in [5.41, 5.74) is 1.22. The summed E-state index contributed by atoms with van der Waals surface area (Å²) >= 11 is 0. The van der Waals surface area contributed by atoms with Crippen molar-refractivity contribution >= 4 is 5.96 Å². The number of aliphatic imine (C=N–C) groups is 1. The van der Waals surface area contributed by atoms with E-state index in [9.17, 15) is 0 Å². The molecule has 1 saturated heterocycles. The van der Waals surface area contributed by atoms with E-state index in [0.29, 0.717) is 24.5 Å². The van der Waals surface area contributed by atoms with Gasteiger partial charge in [-0.25, -0.2) is 4.99 Å². The first-order chi connectivity index (χ1) is 13.1. The standard InChI is InChI=1S/C22H32N4O/c1-17(2)26-15-18(3)21(16-26)25-22(23-12-11-20-10-7-13-27-20)24-14-19-8-5-4-6-9-19/h4-10,13,17-18,21H,11-12,14-16H2,1-3H3,(H2,23,24,25). The van der Waals surface area contributed by atoms with E-state index in [1.54, 1.807) is 6.26 Å². The molecule has 0 radical (unpaired) electrons.